The van der Waals surface area contributed by atoms with Crippen molar-refractivity contribution in [3.8, 4) is 5.75 Å². The third-order valence-corrected chi connectivity index (χ3v) is 3.69. The maximum Gasteiger partial charge on any atom is 0.338 e. The zero-order valence-electron chi connectivity index (χ0n) is 14.1. The van der Waals surface area contributed by atoms with Crippen LogP contribution in [0.5, 0.6) is 5.75 Å². The van der Waals surface area contributed by atoms with Crippen molar-refractivity contribution < 1.29 is 14.3 Å². The number of pyridine rings is 1. The van der Waals surface area contributed by atoms with Crippen molar-refractivity contribution in [3.63, 3.8) is 0 Å². The Hall–Kier alpha value is -3.15. The number of carbonyl (C=O) groups is 1. The smallest absolute Gasteiger partial charge is 0.338 e. The highest BCUT2D eigenvalue weighted by atomic mass is 16.5. The fourth-order valence-electron chi connectivity index (χ4n) is 2.46. The molecule has 0 atom stereocenters. The molecule has 2 heterocycles. The van der Waals surface area contributed by atoms with Crippen LogP contribution < -0.4 is 10.3 Å². The molecule has 1 aromatic carbocycles. The molecule has 0 spiro atoms. The van der Waals surface area contributed by atoms with Gasteiger partial charge in [0.2, 0.25) is 0 Å². The van der Waals surface area contributed by atoms with E-state index in [-0.39, 0.29) is 12.2 Å². The second kappa shape index (κ2) is 7.17. The lowest BCUT2D eigenvalue weighted by atomic mass is 10.2. The quantitative estimate of drug-likeness (QED) is 0.669. The lowest BCUT2D eigenvalue weighted by molar-refractivity contribution is 0.0467. The predicted molar refractivity (Wildman–Crippen MR) is 92.9 cm³/mol. The Morgan fingerprint density at radius 1 is 1.20 bits per heavy atom. The van der Waals surface area contributed by atoms with Gasteiger partial charge in [0, 0.05) is 12.3 Å². The number of nitrogens with zero attached hydrogens (tertiary/aromatic N) is 2. The Kier molecular flexibility index (Phi) is 4.79. The van der Waals surface area contributed by atoms with E-state index in [1.807, 2.05) is 19.9 Å². The van der Waals surface area contributed by atoms with Gasteiger partial charge in [0.1, 0.15) is 18.0 Å². The summed E-state index contributed by atoms with van der Waals surface area (Å²) in [5, 5.41) is 0. The third-order valence-electron chi connectivity index (χ3n) is 3.69. The summed E-state index contributed by atoms with van der Waals surface area (Å²) >= 11 is 0. The first-order valence-corrected chi connectivity index (χ1v) is 7.96. The van der Waals surface area contributed by atoms with Crippen molar-refractivity contribution in [2.24, 2.45) is 0 Å². The number of hydrogen-bond donors (Lipinski definition) is 0. The van der Waals surface area contributed by atoms with Crippen LogP contribution in [0.15, 0.2) is 53.5 Å². The molecule has 0 amide bonds. The van der Waals surface area contributed by atoms with E-state index < -0.39 is 5.97 Å². The van der Waals surface area contributed by atoms with Gasteiger partial charge >= 0.3 is 5.97 Å². The van der Waals surface area contributed by atoms with Crippen LogP contribution in [0.25, 0.3) is 5.65 Å². The van der Waals surface area contributed by atoms with Crippen molar-refractivity contribution >= 4 is 11.6 Å². The van der Waals surface area contributed by atoms with E-state index in [0.717, 1.165) is 5.56 Å². The molecule has 0 N–H and O–H groups in total. The van der Waals surface area contributed by atoms with E-state index in [1.54, 1.807) is 36.5 Å². The summed E-state index contributed by atoms with van der Waals surface area (Å²) in [4.78, 5) is 28.7. The third kappa shape index (κ3) is 3.68. The van der Waals surface area contributed by atoms with Gasteiger partial charge in [-0.1, -0.05) is 6.07 Å². The molecule has 128 valence electrons. The zero-order valence-corrected chi connectivity index (χ0v) is 14.1. The molecule has 0 aliphatic heterocycles. The van der Waals surface area contributed by atoms with Crippen molar-refractivity contribution in [3.05, 3.63) is 75.8 Å². The number of carbonyl (C=O) groups excluding carboxylic acids is 1. The Labute approximate surface area is 144 Å². The minimum absolute atomic E-state index is 0.0634. The highest BCUT2D eigenvalue weighted by Gasteiger charge is 2.10. The van der Waals surface area contributed by atoms with Gasteiger partial charge in [-0.15, -0.1) is 0 Å². The van der Waals surface area contributed by atoms with Gasteiger partial charge in [0.15, 0.2) is 0 Å². The van der Waals surface area contributed by atoms with Gasteiger partial charge < -0.3 is 9.47 Å². The number of aryl methyl sites for hydroxylation is 1. The van der Waals surface area contributed by atoms with Crippen molar-refractivity contribution in [2.45, 2.75) is 20.5 Å². The highest BCUT2D eigenvalue weighted by molar-refractivity contribution is 5.89. The van der Waals surface area contributed by atoms with E-state index in [0.29, 0.717) is 29.3 Å². The predicted octanol–water partition coefficient (Wildman–Crippen LogP) is 2.76. The molecule has 3 aromatic rings. The summed E-state index contributed by atoms with van der Waals surface area (Å²) in [5.74, 6) is 0.216. The molecular formula is C19H18N2O4. The molecule has 0 aliphatic carbocycles. The van der Waals surface area contributed by atoms with Crippen LogP contribution in [-0.2, 0) is 11.3 Å². The van der Waals surface area contributed by atoms with Gasteiger partial charge in [0.25, 0.3) is 5.56 Å². The molecule has 0 radical (unpaired) electrons. The second-order valence-corrected chi connectivity index (χ2v) is 5.50. The van der Waals surface area contributed by atoms with E-state index in [4.69, 9.17) is 9.47 Å². The Morgan fingerprint density at radius 3 is 2.68 bits per heavy atom. The SMILES string of the molecule is CCOc1ccc(C(=O)OCc2cc(=O)n3cccc(C)c3n2)cc1. The van der Waals surface area contributed by atoms with E-state index in [9.17, 15) is 9.59 Å². The number of rotatable bonds is 5. The first kappa shape index (κ1) is 16.7. The first-order valence-electron chi connectivity index (χ1n) is 7.96. The molecule has 0 bridgehead atoms. The van der Waals surface area contributed by atoms with Crippen molar-refractivity contribution in [2.75, 3.05) is 6.61 Å². The minimum Gasteiger partial charge on any atom is -0.494 e. The number of esters is 1. The molecule has 3 rings (SSSR count). The molecule has 6 heteroatoms. The second-order valence-electron chi connectivity index (χ2n) is 5.50. The van der Waals surface area contributed by atoms with Gasteiger partial charge in [-0.2, -0.15) is 0 Å². The summed E-state index contributed by atoms with van der Waals surface area (Å²) in [6.45, 7) is 4.26. The van der Waals surface area contributed by atoms with Crippen LogP contribution in [0.3, 0.4) is 0 Å². The molecule has 0 unspecified atom stereocenters. The monoisotopic (exact) mass is 338 g/mol. The van der Waals surface area contributed by atoms with E-state index >= 15 is 0 Å². The Balaban J connectivity index is 1.75. The highest BCUT2D eigenvalue weighted by Crippen LogP contribution is 2.13. The number of ether oxygens (including phenoxy) is 2. The first-order chi connectivity index (χ1) is 12.1. The molecule has 0 saturated carbocycles. The summed E-state index contributed by atoms with van der Waals surface area (Å²) < 4.78 is 12.1. The average Bonchev–Trinajstić information content (AvgIpc) is 2.61. The maximum absolute atomic E-state index is 12.1. The van der Waals surface area contributed by atoms with Crippen LogP contribution >= 0.6 is 0 Å². The molecule has 25 heavy (non-hydrogen) atoms. The fourth-order valence-corrected chi connectivity index (χ4v) is 2.46. The van der Waals surface area contributed by atoms with Gasteiger partial charge in [-0.25, -0.2) is 9.78 Å². The van der Waals surface area contributed by atoms with Crippen LogP contribution in [0, 0.1) is 6.92 Å². The molecule has 2 aromatic heterocycles. The molecular weight excluding hydrogens is 320 g/mol. The topological polar surface area (TPSA) is 69.9 Å². The van der Waals surface area contributed by atoms with Crippen LogP contribution in [-0.4, -0.2) is 22.0 Å². The maximum atomic E-state index is 12.1. The lowest BCUT2D eigenvalue weighted by Gasteiger charge is -2.08. The number of hydrogen-bond acceptors (Lipinski definition) is 5. The molecule has 0 saturated heterocycles. The van der Waals surface area contributed by atoms with Crippen LogP contribution in [0.4, 0.5) is 0 Å². The number of benzene rings is 1. The normalized spacial score (nSPS) is 10.6. The summed E-state index contributed by atoms with van der Waals surface area (Å²) in [5.41, 5.74) is 2.05. The van der Waals surface area contributed by atoms with E-state index in [1.165, 1.54) is 10.5 Å². The van der Waals surface area contributed by atoms with Crippen LogP contribution in [0.2, 0.25) is 0 Å². The van der Waals surface area contributed by atoms with Gasteiger partial charge in [0.05, 0.1) is 17.9 Å². The standard InChI is InChI=1S/C19H18N2O4/c1-3-24-16-8-6-14(7-9-16)19(23)25-12-15-11-17(22)21-10-4-5-13(2)18(21)20-15/h4-11H,3,12H2,1-2H3. The Morgan fingerprint density at radius 2 is 1.96 bits per heavy atom. The summed E-state index contributed by atoms with van der Waals surface area (Å²) in [6.07, 6.45) is 1.66. The molecule has 6 nitrogen and oxygen atoms in total. The molecule has 0 fully saturated rings. The van der Waals surface area contributed by atoms with Crippen molar-refractivity contribution in [1.82, 2.24) is 9.38 Å². The van der Waals surface area contributed by atoms with Crippen LogP contribution in [0.1, 0.15) is 28.5 Å². The van der Waals surface area contributed by atoms with Gasteiger partial charge in [-0.05, 0) is 49.7 Å². The summed E-state index contributed by atoms with van der Waals surface area (Å²) in [6, 6.07) is 11.7. The summed E-state index contributed by atoms with van der Waals surface area (Å²) in [7, 11) is 0. The largest absolute Gasteiger partial charge is 0.494 e. The fraction of sp³-hybridized carbons (Fsp3) is 0.211. The van der Waals surface area contributed by atoms with Gasteiger partial charge in [-0.3, -0.25) is 9.20 Å². The number of fused-ring (bicyclic) bond motifs is 1. The van der Waals surface area contributed by atoms with Crippen molar-refractivity contribution in [1.29, 1.82) is 0 Å². The molecule has 0 aliphatic rings. The lowest BCUT2D eigenvalue weighted by Crippen LogP contribution is -2.17. The zero-order chi connectivity index (χ0) is 17.8. The average molecular weight is 338 g/mol. The Bertz CT molecular complexity index is 961. The number of aromatic nitrogens is 2. The van der Waals surface area contributed by atoms with E-state index in [2.05, 4.69) is 4.98 Å². The minimum atomic E-state index is -0.477.